The molecule has 1 saturated carbocycles. The zero-order valence-corrected chi connectivity index (χ0v) is 14.2. The smallest absolute Gasteiger partial charge is 0.421 e. The first-order chi connectivity index (χ1) is 11.9. The first-order valence-electron chi connectivity index (χ1n) is 8.22. The van der Waals surface area contributed by atoms with Gasteiger partial charge in [0, 0.05) is 18.9 Å². The number of hydrogen-bond acceptors (Lipinski definition) is 4. The summed E-state index contributed by atoms with van der Waals surface area (Å²) in [5.41, 5.74) is 0.939. The van der Waals surface area contributed by atoms with Gasteiger partial charge in [0.1, 0.15) is 5.56 Å². The number of methoxy groups -OCH3 is 1. The molecule has 1 fully saturated rings. The second-order valence-corrected chi connectivity index (χ2v) is 6.23. The van der Waals surface area contributed by atoms with E-state index in [2.05, 4.69) is 9.97 Å². The summed E-state index contributed by atoms with van der Waals surface area (Å²) < 4.78 is 44.9. The molecule has 2 aromatic rings. The molecule has 4 nitrogen and oxygen atoms in total. The van der Waals surface area contributed by atoms with Crippen LogP contribution in [0.3, 0.4) is 0 Å². The van der Waals surface area contributed by atoms with Gasteiger partial charge in [-0.2, -0.15) is 18.2 Å². The van der Waals surface area contributed by atoms with Crippen LogP contribution in [0.25, 0.3) is 0 Å². The first kappa shape index (κ1) is 17.5. The van der Waals surface area contributed by atoms with Gasteiger partial charge in [0.05, 0.1) is 7.11 Å². The SMILES string of the molecule is COc1ncc(C(F)(F)F)c(N(C)c2cccc(C3CCCC3)c2)n1. The highest BCUT2D eigenvalue weighted by atomic mass is 19.4. The Morgan fingerprint density at radius 1 is 1.20 bits per heavy atom. The van der Waals surface area contributed by atoms with Gasteiger partial charge in [-0.1, -0.05) is 25.0 Å². The monoisotopic (exact) mass is 351 g/mol. The predicted octanol–water partition coefficient (Wildman–Crippen LogP) is 4.93. The van der Waals surface area contributed by atoms with Crippen molar-refractivity contribution in [3.63, 3.8) is 0 Å². The molecule has 0 N–H and O–H groups in total. The van der Waals surface area contributed by atoms with Gasteiger partial charge in [0.15, 0.2) is 5.82 Å². The third-order valence-electron chi connectivity index (χ3n) is 4.64. The summed E-state index contributed by atoms with van der Waals surface area (Å²) in [7, 11) is 2.90. The molecular formula is C18H20F3N3O. The quantitative estimate of drug-likeness (QED) is 0.783. The van der Waals surface area contributed by atoms with Crippen LogP contribution in [0.4, 0.5) is 24.7 Å². The standard InChI is InChI=1S/C18H20F3N3O/c1-24(14-9-5-8-13(10-14)12-6-3-4-7-12)16-15(18(19,20)21)11-22-17(23-16)25-2/h5,8-12H,3-4,6-7H2,1-2H3. The molecule has 0 aliphatic heterocycles. The van der Waals surface area contributed by atoms with Gasteiger partial charge in [-0.25, -0.2) is 4.98 Å². The Morgan fingerprint density at radius 2 is 1.92 bits per heavy atom. The van der Waals surface area contributed by atoms with Crippen molar-refractivity contribution in [2.45, 2.75) is 37.8 Å². The number of benzene rings is 1. The molecule has 1 aliphatic carbocycles. The molecule has 0 amide bonds. The maximum absolute atomic E-state index is 13.3. The maximum atomic E-state index is 13.3. The zero-order valence-electron chi connectivity index (χ0n) is 14.2. The molecule has 1 aliphatic rings. The fourth-order valence-electron chi connectivity index (χ4n) is 3.28. The molecule has 1 aromatic carbocycles. The fourth-order valence-corrected chi connectivity index (χ4v) is 3.28. The van der Waals surface area contributed by atoms with E-state index in [1.165, 1.54) is 24.9 Å². The minimum Gasteiger partial charge on any atom is -0.467 e. The van der Waals surface area contributed by atoms with E-state index in [0.717, 1.165) is 24.6 Å². The van der Waals surface area contributed by atoms with Crippen molar-refractivity contribution in [1.29, 1.82) is 0 Å². The summed E-state index contributed by atoms with van der Waals surface area (Å²) in [6.07, 6.45) is 0.875. The van der Waals surface area contributed by atoms with Gasteiger partial charge in [-0.05, 0) is 36.5 Å². The van der Waals surface area contributed by atoms with Crippen molar-refractivity contribution in [2.24, 2.45) is 0 Å². The number of rotatable bonds is 4. The van der Waals surface area contributed by atoms with E-state index >= 15 is 0 Å². The molecule has 7 heteroatoms. The van der Waals surface area contributed by atoms with Crippen molar-refractivity contribution in [1.82, 2.24) is 9.97 Å². The Labute approximate surface area is 144 Å². The number of nitrogens with zero attached hydrogens (tertiary/aromatic N) is 3. The minimum atomic E-state index is -4.54. The van der Waals surface area contributed by atoms with E-state index < -0.39 is 11.7 Å². The molecule has 3 rings (SSSR count). The number of anilines is 2. The second-order valence-electron chi connectivity index (χ2n) is 6.23. The van der Waals surface area contributed by atoms with E-state index in [1.807, 2.05) is 18.2 Å². The number of halogens is 3. The van der Waals surface area contributed by atoms with Gasteiger partial charge < -0.3 is 9.64 Å². The van der Waals surface area contributed by atoms with Crippen molar-refractivity contribution >= 4 is 11.5 Å². The molecular weight excluding hydrogens is 331 g/mol. The van der Waals surface area contributed by atoms with Crippen molar-refractivity contribution in [3.05, 3.63) is 41.6 Å². The Hall–Kier alpha value is -2.31. The average molecular weight is 351 g/mol. The lowest BCUT2D eigenvalue weighted by molar-refractivity contribution is -0.137. The molecule has 1 heterocycles. The summed E-state index contributed by atoms with van der Waals surface area (Å²) in [4.78, 5) is 8.97. The van der Waals surface area contributed by atoms with Crippen LogP contribution < -0.4 is 9.64 Å². The van der Waals surface area contributed by atoms with Crippen molar-refractivity contribution < 1.29 is 17.9 Å². The number of aromatic nitrogens is 2. The Bertz CT molecular complexity index is 743. The average Bonchev–Trinajstić information content (AvgIpc) is 3.14. The molecule has 0 unspecified atom stereocenters. The molecule has 0 bridgehead atoms. The summed E-state index contributed by atoms with van der Waals surface area (Å²) in [6, 6.07) is 7.56. The van der Waals surface area contributed by atoms with Crippen LogP contribution in [-0.4, -0.2) is 24.1 Å². The maximum Gasteiger partial charge on any atom is 0.421 e. The molecule has 0 spiro atoms. The van der Waals surface area contributed by atoms with E-state index in [-0.39, 0.29) is 11.8 Å². The summed E-state index contributed by atoms with van der Waals surface area (Å²) in [6.45, 7) is 0. The van der Waals surface area contributed by atoms with Gasteiger partial charge in [0.2, 0.25) is 0 Å². The highest BCUT2D eigenvalue weighted by molar-refractivity contribution is 5.63. The Balaban J connectivity index is 2.00. The summed E-state index contributed by atoms with van der Waals surface area (Å²) in [5.74, 6) is 0.262. The molecule has 0 atom stereocenters. The molecule has 0 radical (unpaired) electrons. The van der Waals surface area contributed by atoms with Gasteiger partial charge in [0.25, 0.3) is 0 Å². The third kappa shape index (κ3) is 3.70. The highest BCUT2D eigenvalue weighted by Crippen LogP contribution is 2.39. The van der Waals surface area contributed by atoms with E-state index in [0.29, 0.717) is 11.6 Å². The minimum absolute atomic E-state index is 0.0956. The summed E-state index contributed by atoms with van der Waals surface area (Å²) >= 11 is 0. The fraction of sp³-hybridized carbons (Fsp3) is 0.444. The summed E-state index contributed by atoms with van der Waals surface area (Å²) in [5, 5.41) is 0. The third-order valence-corrected chi connectivity index (χ3v) is 4.64. The van der Waals surface area contributed by atoms with E-state index in [9.17, 15) is 13.2 Å². The lowest BCUT2D eigenvalue weighted by Gasteiger charge is -2.23. The van der Waals surface area contributed by atoms with E-state index in [1.54, 1.807) is 13.1 Å². The predicted molar refractivity (Wildman–Crippen MR) is 89.3 cm³/mol. The largest absolute Gasteiger partial charge is 0.467 e. The lowest BCUT2D eigenvalue weighted by atomic mass is 9.97. The van der Waals surface area contributed by atoms with Crippen LogP contribution in [0.15, 0.2) is 30.5 Å². The normalized spacial score (nSPS) is 15.4. The molecule has 0 saturated heterocycles. The number of hydrogen-bond donors (Lipinski definition) is 0. The molecule has 134 valence electrons. The van der Waals surface area contributed by atoms with Crippen LogP contribution in [0.2, 0.25) is 0 Å². The van der Waals surface area contributed by atoms with Crippen LogP contribution in [0.5, 0.6) is 6.01 Å². The van der Waals surface area contributed by atoms with Crippen LogP contribution in [-0.2, 0) is 6.18 Å². The van der Waals surface area contributed by atoms with Gasteiger partial charge >= 0.3 is 12.2 Å². The Kier molecular flexibility index (Phi) is 4.83. The van der Waals surface area contributed by atoms with Gasteiger partial charge in [-0.15, -0.1) is 0 Å². The van der Waals surface area contributed by atoms with Crippen molar-refractivity contribution in [3.8, 4) is 6.01 Å². The lowest BCUT2D eigenvalue weighted by Crippen LogP contribution is -2.19. The van der Waals surface area contributed by atoms with Crippen LogP contribution >= 0.6 is 0 Å². The van der Waals surface area contributed by atoms with E-state index in [4.69, 9.17) is 4.74 Å². The van der Waals surface area contributed by atoms with Crippen LogP contribution in [0.1, 0.15) is 42.7 Å². The molecule has 1 aromatic heterocycles. The highest BCUT2D eigenvalue weighted by Gasteiger charge is 2.36. The Morgan fingerprint density at radius 3 is 2.56 bits per heavy atom. The first-order valence-corrected chi connectivity index (χ1v) is 8.22. The molecule has 25 heavy (non-hydrogen) atoms. The van der Waals surface area contributed by atoms with Crippen molar-refractivity contribution in [2.75, 3.05) is 19.1 Å². The zero-order chi connectivity index (χ0) is 18.0. The van der Waals surface area contributed by atoms with Gasteiger partial charge in [-0.3, -0.25) is 0 Å². The number of alkyl halides is 3. The van der Waals surface area contributed by atoms with Crippen LogP contribution in [0, 0.1) is 0 Å². The number of ether oxygens (including phenoxy) is 1. The topological polar surface area (TPSA) is 38.2 Å². The second kappa shape index (κ2) is 6.90.